The van der Waals surface area contributed by atoms with Crippen LogP contribution >= 0.6 is 0 Å². The van der Waals surface area contributed by atoms with Crippen molar-refractivity contribution in [2.24, 2.45) is 5.84 Å². The van der Waals surface area contributed by atoms with Crippen molar-refractivity contribution in [3.63, 3.8) is 0 Å². The van der Waals surface area contributed by atoms with Gasteiger partial charge in [-0.15, -0.1) is 0 Å². The van der Waals surface area contributed by atoms with Crippen LogP contribution in [0, 0.1) is 0 Å². The Labute approximate surface area is 110 Å². The maximum Gasteiger partial charge on any atom is 0.124 e. The SMILES string of the molecule is NNC(Cc1ccnc2ccccc12)c1ncc[nH]1. The van der Waals surface area contributed by atoms with Gasteiger partial charge in [0.1, 0.15) is 5.82 Å². The summed E-state index contributed by atoms with van der Waals surface area (Å²) in [6.07, 6.45) is 6.11. The van der Waals surface area contributed by atoms with Gasteiger partial charge in [0.25, 0.3) is 0 Å². The molecule has 5 heteroatoms. The molecule has 0 aliphatic heterocycles. The Hall–Kier alpha value is -2.24. The molecule has 0 saturated carbocycles. The molecular weight excluding hydrogens is 238 g/mol. The van der Waals surface area contributed by atoms with Gasteiger partial charge in [-0.2, -0.15) is 0 Å². The number of nitrogens with one attached hydrogen (secondary N) is 2. The molecule has 0 amide bonds. The molecule has 0 aliphatic carbocycles. The average molecular weight is 253 g/mol. The molecule has 0 aliphatic rings. The van der Waals surface area contributed by atoms with E-state index in [-0.39, 0.29) is 6.04 Å². The highest BCUT2D eigenvalue weighted by molar-refractivity contribution is 5.81. The van der Waals surface area contributed by atoms with Crippen LogP contribution in [0.3, 0.4) is 0 Å². The van der Waals surface area contributed by atoms with Crippen molar-refractivity contribution < 1.29 is 0 Å². The van der Waals surface area contributed by atoms with Crippen molar-refractivity contribution in [1.29, 1.82) is 0 Å². The summed E-state index contributed by atoms with van der Waals surface area (Å²) < 4.78 is 0. The van der Waals surface area contributed by atoms with Crippen molar-refractivity contribution in [3.8, 4) is 0 Å². The maximum atomic E-state index is 5.63. The van der Waals surface area contributed by atoms with Crippen molar-refractivity contribution in [2.45, 2.75) is 12.5 Å². The van der Waals surface area contributed by atoms with Gasteiger partial charge in [-0.1, -0.05) is 18.2 Å². The molecule has 3 aromatic rings. The minimum absolute atomic E-state index is 0.0409. The van der Waals surface area contributed by atoms with Crippen molar-refractivity contribution >= 4 is 10.9 Å². The molecule has 2 aromatic heterocycles. The number of rotatable bonds is 4. The third kappa shape index (κ3) is 2.33. The average Bonchev–Trinajstić information content (AvgIpc) is 2.99. The third-order valence-electron chi connectivity index (χ3n) is 3.21. The predicted molar refractivity (Wildman–Crippen MR) is 74.1 cm³/mol. The van der Waals surface area contributed by atoms with Crippen LogP contribution in [0.4, 0.5) is 0 Å². The van der Waals surface area contributed by atoms with Crippen molar-refractivity contribution in [2.75, 3.05) is 0 Å². The van der Waals surface area contributed by atoms with Crippen molar-refractivity contribution in [3.05, 3.63) is 60.3 Å². The van der Waals surface area contributed by atoms with E-state index < -0.39 is 0 Å². The van der Waals surface area contributed by atoms with Crippen LogP contribution < -0.4 is 11.3 Å². The van der Waals surface area contributed by atoms with Gasteiger partial charge >= 0.3 is 0 Å². The van der Waals surface area contributed by atoms with E-state index in [0.29, 0.717) is 0 Å². The summed E-state index contributed by atoms with van der Waals surface area (Å²) in [7, 11) is 0. The molecule has 3 rings (SSSR count). The molecule has 0 spiro atoms. The fourth-order valence-electron chi connectivity index (χ4n) is 2.26. The van der Waals surface area contributed by atoms with E-state index >= 15 is 0 Å². The number of imidazole rings is 1. The van der Waals surface area contributed by atoms with E-state index in [4.69, 9.17) is 5.84 Å². The second kappa shape index (κ2) is 5.17. The van der Waals surface area contributed by atoms with Crippen LogP contribution in [0.5, 0.6) is 0 Å². The molecule has 0 radical (unpaired) electrons. The molecule has 1 atom stereocenters. The predicted octanol–water partition coefficient (Wildman–Crippen LogP) is 1.70. The van der Waals surface area contributed by atoms with Gasteiger partial charge in [0, 0.05) is 24.0 Å². The monoisotopic (exact) mass is 253 g/mol. The van der Waals surface area contributed by atoms with Gasteiger partial charge in [-0.05, 0) is 24.1 Å². The number of para-hydroxylation sites is 1. The highest BCUT2D eigenvalue weighted by Gasteiger charge is 2.14. The lowest BCUT2D eigenvalue weighted by Crippen LogP contribution is -2.30. The Balaban J connectivity index is 1.96. The van der Waals surface area contributed by atoms with E-state index in [1.54, 1.807) is 12.4 Å². The topological polar surface area (TPSA) is 79.6 Å². The maximum absolute atomic E-state index is 5.63. The number of pyridine rings is 1. The Bertz CT molecular complexity index is 657. The summed E-state index contributed by atoms with van der Waals surface area (Å²) >= 11 is 0. The molecule has 4 N–H and O–H groups in total. The summed E-state index contributed by atoms with van der Waals surface area (Å²) in [5.74, 6) is 6.47. The van der Waals surface area contributed by atoms with Gasteiger partial charge in [0.2, 0.25) is 0 Å². The summed E-state index contributed by atoms with van der Waals surface area (Å²) in [6, 6.07) is 10.1. The normalized spacial score (nSPS) is 12.7. The van der Waals surface area contributed by atoms with Gasteiger partial charge in [0.05, 0.1) is 11.6 Å². The number of hydrogen-bond acceptors (Lipinski definition) is 4. The summed E-state index contributed by atoms with van der Waals surface area (Å²) in [4.78, 5) is 11.7. The molecule has 5 nitrogen and oxygen atoms in total. The first-order valence-electron chi connectivity index (χ1n) is 6.16. The zero-order valence-corrected chi connectivity index (χ0v) is 10.4. The van der Waals surface area contributed by atoms with Crippen LogP contribution in [0.25, 0.3) is 10.9 Å². The van der Waals surface area contributed by atoms with E-state index in [1.165, 1.54) is 5.56 Å². The Morgan fingerprint density at radius 2 is 2.05 bits per heavy atom. The molecule has 0 bridgehead atoms. The number of aromatic nitrogens is 3. The van der Waals surface area contributed by atoms with Crippen LogP contribution in [-0.2, 0) is 6.42 Å². The summed E-state index contributed by atoms with van der Waals surface area (Å²) in [6.45, 7) is 0. The molecular formula is C14H15N5. The van der Waals surface area contributed by atoms with E-state index in [2.05, 4.69) is 26.4 Å². The highest BCUT2D eigenvalue weighted by Crippen LogP contribution is 2.21. The molecule has 0 fully saturated rings. The minimum Gasteiger partial charge on any atom is -0.347 e. The first-order chi connectivity index (χ1) is 9.38. The zero-order chi connectivity index (χ0) is 13.1. The van der Waals surface area contributed by atoms with E-state index in [1.807, 2.05) is 30.5 Å². The molecule has 1 aromatic carbocycles. The van der Waals surface area contributed by atoms with Crippen LogP contribution in [0.2, 0.25) is 0 Å². The lowest BCUT2D eigenvalue weighted by molar-refractivity contribution is 0.529. The Kier molecular flexibility index (Phi) is 3.22. The number of nitrogens with zero attached hydrogens (tertiary/aromatic N) is 2. The molecule has 1 unspecified atom stereocenters. The van der Waals surface area contributed by atoms with Gasteiger partial charge < -0.3 is 4.98 Å². The molecule has 0 saturated heterocycles. The van der Waals surface area contributed by atoms with E-state index in [0.717, 1.165) is 23.1 Å². The molecule has 19 heavy (non-hydrogen) atoms. The summed E-state index contributed by atoms with van der Waals surface area (Å²) in [5.41, 5.74) is 5.00. The largest absolute Gasteiger partial charge is 0.347 e. The van der Waals surface area contributed by atoms with Gasteiger partial charge in [-0.3, -0.25) is 10.8 Å². The number of fused-ring (bicyclic) bond motifs is 1. The molecule has 96 valence electrons. The van der Waals surface area contributed by atoms with Crippen LogP contribution in [0.15, 0.2) is 48.9 Å². The second-order valence-electron chi connectivity index (χ2n) is 4.39. The zero-order valence-electron chi connectivity index (χ0n) is 10.4. The Morgan fingerprint density at radius 3 is 2.84 bits per heavy atom. The van der Waals surface area contributed by atoms with Gasteiger partial charge in [0.15, 0.2) is 0 Å². The van der Waals surface area contributed by atoms with E-state index in [9.17, 15) is 0 Å². The number of aromatic amines is 1. The Morgan fingerprint density at radius 1 is 1.16 bits per heavy atom. The highest BCUT2D eigenvalue weighted by atomic mass is 15.2. The number of benzene rings is 1. The van der Waals surface area contributed by atoms with Crippen LogP contribution in [-0.4, -0.2) is 15.0 Å². The second-order valence-corrected chi connectivity index (χ2v) is 4.39. The number of nitrogens with two attached hydrogens (primary N) is 1. The minimum atomic E-state index is -0.0409. The number of hydrogen-bond donors (Lipinski definition) is 3. The lowest BCUT2D eigenvalue weighted by Gasteiger charge is -2.14. The fourth-order valence-corrected chi connectivity index (χ4v) is 2.26. The first-order valence-corrected chi connectivity index (χ1v) is 6.16. The van der Waals surface area contributed by atoms with Crippen LogP contribution in [0.1, 0.15) is 17.4 Å². The first kappa shape index (κ1) is 11.8. The standard InChI is InChI=1S/C14H15N5/c15-19-13(14-17-7-8-18-14)9-10-5-6-16-12-4-2-1-3-11(10)12/h1-8,13,19H,9,15H2,(H,17,18). The quantitative estimate of drug-likeness (QED) is 0.488. The van der Waals surface area contributed by atoms with Gasteiger partial charge in [-0.25, -0.2) is 10.4 Å². The van der Waals surface area contributed by atoms with Crippen molar-refractivity contribution in [1.82, 2.24) is 20.4 Å². The number of H-pyrrole nitrogens is 1. The fraction of sp³-hybridized carbons (Fsp3) is 0.143. The summed E-state index contributed by atoms with van der Waals surface area (Å²) in [5, 5.41) is 1.15. The smallest absolute Gasteiger partial charge is 0.124 e. The number of hydrazine groups is 1. The third-order valence-corrected chi connectivity index (χ3v) is 3.21. The molecule has 2 heterocycles. The lowest BCUT2D eigenvalue weighted by atomic mass is 10.0.